The number of hydrogen-bond donors (Lipinski definition) is 1. The van der Waals surface area contributed by atoms with E-state index >= 15 is 0 Å². The van der Waals surface area contributed by atoms with Gasteiger partial charge < -0.3 is 25.0 Å². The van der Waals surface area contributed by atoms with Crippen LogP contribution in [0.3, 0.4) is 0 Å². The highest BCUT2D eigenvalue weighted by Crippen LogP contribution is 2.31. The molecule has 8 heteroatoms. The molecule has 0 atom stereocenters. The van der Waals surface area contributed by atoms with E-state index < -0.39 is 0 Å². The van der Waals surface area contributed by atoms with Gasteiger partial charge in [0.25, 0.3) is 0 Å². The molecule has 0 radical (unpaired) electrons. The molecule has 2 aromatic rings. The van der Waals surface area contributed by atoms with Gasteiger partial charge in [-0.3, -0.25) is 0 Å². The number of aromatic nitrogens is 2. The highest BCUT2D eigenvalue weighted by Gasteiger charge is 2.23. The zero-order chi connectivity index (χ0) is 19.3. The third-order valence-electron chi connectivity index (χ3n) is 4.84. The highest BCUT2D eigenvalue weighted by molar-refractivity contribution is 5.79. The number of hydrogen-bond acceptors (Lipinski definition) is 7. The Balaban J connectivity index is 1.68. The first kappa shape index (κ1) is 18.6. The van der Waals surface area contributed by atoms with E-state index in [9.17, 15) is 4.39 Å². The Labute approximate surface area is 163 Å². The molecule has 2 aliphatic heterocycles. The fourth-order valence-corrected chi connectivity index (χ4v) is 3.31. The number of halogens is 1. The molecule has 0 saturated carbocycles. The van der Waals surface area contributed by atoms with Crippen LogP contribution in [0, 0.1) is 5.82 Å². The Hall–Kier alpha value is -2.71. The van der Waals surface area contributed by atoms with Crippen molar-refractivity contribution >= 4 is 29.5 Å². The first-order valence-corrected chi connectivity index (χ1v) is 9.47. The second-order valence-electron chi connectivity index (χ2n) is 6.73. The van der Waals surface area contributed by atoms with Crippen molar-refractivity contribution in [1.82, 2.24) is 9.97 Å². The molecule has 4 rings (SSSR count). The molecule has 28 heavy (non-hydrogen) atoms. The summed E-state index contributed by atoms with van der Waals surface area (Å²) in [4.78, 5) is 13.7. The molecule has 2 saturated heterocycles. The summed E-state index contributed by atoms with van der Waals surface area (Å²) in [5, 5.41) is 0. The molecule has 1 aromatic carbocycles. The van der Waals surface area contributed by atoms with Crippen LogP contribution < -0.4 is 15.5 Å². The Morgan fingerprint density at radius 2 is 1.32 bits per heavy atom. The van der Waals surface area contributed by atoms with Crippen molar-refractivity contribution in [1.29, 1.82) is 0 Å². The van der Waals surface area contributed by atoms with Crippen LogP contribution in [0.2, 0.25) is 0 Å². The lowest BCUT2D eigenvalue weighted by Gasteiger charge is -2.32. The highest BCUT2D eigenvalue weighted by atomic mass is 19.1. The van der Waals surface area contributed by atoms with Crippen LogP contribution in [-0.2, 0) is 9.47 Å². The Kier molecular flexibility index (Phi) is 5.68. The van der Waals surface area contributed by atoms with Crippen LogP contribution in [0.5, 0.6) is 0 Å². The van der Waals surface area contributed by atoms with Gasteiger partial charge in [-0.05, 0) is 23.8 Å². The van der Waals surface area contributed by atoms with Crippen LogP contribution in [0.1, 0.15) is 11.4 Å². The third kappa shape index (κ3) is 4.23. The van der Waals surface area contributed by atoms with Gasteiger partial charge in [-0.1, -0.05) is 18.2 Å². The maximum absolute atomic E-state index is 13.1. The molecule has 0 bridgehead atoms. The van der Waals surface area contributed by atoms with Crippen LogP contribution >= 0.6 is 0 Å². The predicted octanol–water partition coefficient (Wildman–Crippen LogP) is 2.04. The van der Waals surface area contributed by atoms with E-state index in [1.54, 1.807) is 12.1 Å². The van der Waals surface area contributed by atoms with Crippen LogP contribution in [0.15, 0.2) is 24.3 Å². The summed E-state index contributed by atoms with van der Waals surface area (Å²) in [7, 11) is 0. The number of ether oxygens (including phenoxy) is 2. The normalized spacial score (nSPS) is 18.0. The second kappa shape index (κ2) is 8.53. The van der Waals surface area contributed by atoms with E-state index in [1.807, 2.05) is 12.2 Å². The summed E-state index contributed by atoms with van der Waals surface area (Å²) in [6, 6.07) is 6.30. The number of rotatable bonds is 4. The number of nitrogen functional groups attached to an aromatic ring is 1. The summed E-state index contributed by atoms with van der Waals surface area (Å²) in [5.74, 6) is 1.78. The molecule has 0 aliphatic carbocycles. The van der Waals surface area contributed by atoms with Crippen LogP contribution in [-0.4, -0.2) is 62.6 Å². The van der Waals surface area contributed by atoms with Gasteiger partial charge in [0.1, 0.15) is 11.5 Å². The van der Waals surface area contributed by atoms with Crippen molar-refractivity contribution in [3.63, 3.8) is 0 Å². The zero-order valence-corrected chi connectivity index (χ0v) is 15.7. The summed E-state index contributed by atoms with van der Waals surface area (Å²) >= 11 is 0. The van der Waals surface area contributed by atoms with E-state index in [0.29, 0.717) is 37.9 Å². The van der Waals surface area contributed by atoms with Crippen molar-refractivity contribution in [2.24, 2.45) is 0 Å². The minimum atomic E-state index is -0.259. The standard InChI is InChI=1S/C20H24FN5O2/c21-16-4-1-15(2-5-16)3-6-17-23-19(25-7-11-27-12-8-25)18(22)20(24-17)26-9-13-28-14-10-26/h1-6H,7-14,22H2. The van der Waals surface area contributed by atoms with E-state index in [2.05, 4.69) is 9.80 Å². The molecule has 1 aromatic heterocycles. The van der Waals surface area contributed by atoms with Crippen molar-refractivity contribution < 1.29 is 13.9 Å². The molecule has 7 nitrogen and oxygen atoms in total. The number of nitrogens with two attached hydrogens (primary N) is 1. The lowest BCUT2D eigenvalue weighted by atomic mass is 10.2. The summed E-state index contributed by atoms with van der Waals surface area (Å²) < 4.78 is 24.0. The molecule has 148 valence electrons. The van der Waals surface area contributed by atoms with Gasteiger partial charge in [-0.15, -0.1) is 0 Å². The first-order valence-electron chi connectivity index (χ1n) is 9.47. The molecular formula is C20H24FN5O2. The van der Waals surface area contributed by atoms with Gasteiger partial charge in [0.2, 0.25) is 0 Å². The van der Waals surface area contributed by atoms with Gasteiger partial charge in [0, 0.05) is 26.2 Å². The number of anilines is 3. The number of benzene rings is 1. The van der Waals surface area contributed by atoms with Gasteiger partial charge in [-0.2, -0.15) is 0 Å². The molecule has 2 N–H and O–H groups in total. The smallest absolute Gasteiger partial charge is 0.158 e. The fourth-order valence-electron chi connectivity index (χ4n) is 3.31. The maximum atomic E-state index is 13.1. The predicted molar refractivity (Wildman–Crippen MR) is 108 cm³/mol. The Morgan fingerprint density at radius 1 is 0.821 bits per heavy atom. The lowest BCUT2D eigenvalue weighted by molar-refractivity contribution is 0.122. The molecular weight excluding hydrogens is 361 g/mol. The first-order chi connectivity index (χ1) is 13.7. The topological polar surface area (TPSA) is 76.7 Å². The van der Waals surface area contributed by atoms with Gasteiger partial charge in [0.05, 0.1) is 26.4 Å². The van der Waals surface area contributed by atoms with Crippen molar-refractivity contribution in [2.45, 2.75) is 0 Å². The van der Waals surface area contributed by atoms with Gasteiger partial charge in [0.15, 0.2) is 17.5 Å². The van der Waals surface area contributed by atoms with E-state index in [4.69, 9.17) is 25.2 Å². The largest absolute Gasteiger partial charge is 0.393 e. The summed E-state index contributed by atoms with van der Waals surface area (Å²) in [5.41, 5.74) is 7.95. The Morgan fingerprint density at radius 3 is 1.82 bits per heavy atom. The SMILES string of the molecule is Nc1c(N2CCOCC2)nc(C=Cc2ccc(F)cc2)nc1N1CCOCC1. The van der Waals surface area contributed by atoms with E-state index in [-0.39, 0.29) is 5.82 Å². The van der Waals surface area contributed by atoms with Gasteiger partial charge >= 0.3 is 0 Å². The zero-order valence-electron chi connectivity index (χ0n) is 15.7. The third-order valence-corrected chi connectivity index (χ3v) is 4.84. The van der Waals surface area contributed by atoms with Crippen molar-refractivity contribution in [3.05, 3.63) is 41.5 Å². The minimum Gasteiger partial charge on any atom is -0.393 e. The van der Waals surface area contributed by atoms with E-state index in [1.165, 1.54) is 12.1 Å². The van der Waals surface area contributed by atoms with Gasteiger partial charge in [-0.25, -0.2) is 14.4 Å². The fraction of sp³-hybridized carbons (Fsp3) is 0.400. The second-order valence-corrected chi connectivity index (χ2v) is 6.73. The molecule has 3 heterocycles. The van der Waals surface area contributed by atoms with Crippen molar-refractivity contribution in [2.75, 3.05) is 68.1 Å². The minimum absolute atomic E-state index is 0.259. The average molecular weight is 385 g/mol. The molecule has 2 aliphatic rings. The monoisotopic (exact) mass is 385 g/mol. The van der Waals surface area contributed by atoms with Crippen LogP contribution in [0.4, 0.5) is 21.7 Å². The molecule has 0 amide bonds. The Bertz CT molecular complexity index is 792. The molecule has 0 unspecified atom stereocenters. The average Bonchev–Trinajstić information content (AvgIpc) is 2.75. The lowest BCUT2D eigenvalue weighted by Crippen LogP contribution is -2.40. The van der Waals surface area contributed by atoms with Crippen molar-refractivity contribution in [3.8, 4) is 0 Å². The number of morpholine rings is 2. The quantitative estimate of drug-likeness (QED) is 0.863. The maximum Gasteiger partial charge on any atom is 0.158 e. The molecule has 2 fully saturated rings. The van der Waals surface area contributed by atoms with E-state index in [0.717, 1.165) is 43.4 Å². The number of nitrogens with zero attached hydrogens (tertiary/aromatic N) is 4. The summed E-state index contributed by atoms with van der Waals surface area (Å²) in [6.07, 6.45) is 3.71. The summed E-state index contributed by atoms with van der Waals surface area (Å²) in [6.45, 7) is 5.56. The molecule has 0 spiro atoms. The van der Waals surface area contributed by atoms with Crippen LogP contribution in [0.25, 0.3) is 12.2 Å².